The molecule has 3 amide bonds. The van der Waals surface area contributed by atoms with E-state index in [2.05, 4.69) is 10.3 Å². The molecular formula is C22H28N4O3S. The van der Waals surface area contributed by atoms with E-state index in [4.69, 9.17) is 0 Å². The van der Waals surface area contributed by atoms with E-state index in [-0.39, 0.29) is 29.8 Å². The van der Waals surface area contributed by atoms with Crippen LogP contribution in [0.4, 0.5) is 10.8 Å². The lowest BCUT2D eigenvalue weighted by atomic mass is 10.1. The highest BCUT2D eigenvalue weighted by atomic mass is 32.1. The number of hydrogen-bond donors (Lipinski definition) is 1. The first-order valence-corrected chi connectivity index (χ1v) is 10.6. The smallest absolute Gasteiger partial charge is 0.247 e. The molecule has 30 heavy (non-hydrogen) atoms. The van der Waals surface area contributed by atoms with Crippen LogP contribution in [0, 0.1) is 0 Å². The monoisotopic (exact) mass is 428 g/mol. The normalized spacial score (nSPS) is 11.4. The average Bonchev–Trinajstić information content (AvgIpc) is 3.12. The molecule has 0 aliphatic carbocycles. The van der Waals surface area contributed by atoms with E-state index >= 15 is 0 Å². The predicted molar refractivity (Wildman–Crippen MR) is 121 cm³/mol. The SMILES string of the molecule is CCN(CC(=O)NC(C)(C)C)C(=O)/C=C/c1csc(N(C(C)=O)c2ccccc2)n1. The van der Waals surface area contributed by atoms with Crippen LogP contribution in [0.5, 0.6) is 0 Å². The lowest BCUT2D eigenvalue weighted by Gasteiger charge is -2.24. The number of thiazole rings is 1. The minimum absolute atomic E-state index is 0.00855. The quantitative estimate of drug-likeness (QED) is 0.683. The van der Waals surface area contributed by atoms with Gasteiger partial charge in [-0.25, -0.2) is 4.98 Å². The number of nitrogens with one attached hydrogen (secondary N) is 1. The molecule has 1 aromatic heterocycles. The summed E-state index contributed by atoms with van der Waals surface area (Å²) in [5.41, 5.74) is 0.946. The maximum absolute atomic E-state index is 12.5. The Morgan fingerprint density at radius 3 is 2.40 bits per heavy atom. The number of nitrogens with zero attached hydrogens (tertiary/aromatic N) is 3. The third-order valence-corrected chi connectivity index (χ3v) is 4.81. The molecule has 0 bridgehead atoms. The molecule has 2 rings (SSSR count). The zero-order valence-corrected chi connectivity index (χ0v) is 18.8. The maximum atomic E-state index is 12.5. The minimum atomic E-state index is -0.353. The van der Waals surface area contributed by atoms with Crippen molar-refractivity contribution in [1.82, 2.24) is 15.2 Å². The first kappa shape index (κ1) is 23.3. The summed E-state index contributed by atoms with van der Waals surface area (Å²) in [7, 11) is 0. The Balaban J connectivity index is 2.09. The zero-order valence-electron chi connectivity index (χ0n) is 18.0. The van der Waals surface area contributed by atoms with Gasteiger partial charge in [-0.3, -0.25) is 19.3 Å². The van der Waals surface area contributed by atoms with Crippen molar-refractivity contribution in [2.45, 2.75) is 40.2 Å². The summed E-state index contributed by atoms with van der Waals surface area (Å²) in [6, 6.07) is 9.26. The Labute approximate surface area is 181 Å². The van der Waals surface area contributed by atoms with Crippen LogP contribution < -0.4 is 10.2 Å². The van der Waals surface area contributed by atoms with Gasteiger partial charge in [0.05, 0.1) is 17.9 Å². The number of rotatable bonds is 7. The van der Waals surface area contributed by atoms with Crippen molar-refractivity contribution in [3.05, 3.63) is 47.5 Å². The van der Waals surface area contributed by atoms with E-state index in [9.17, 15) is 14.4 Å². The van der Waals surface area contributed by atoms with Crippen LogP contribution in [-0.4, -0.2) is 46.2 Å². The molecule has 2 aromatic rings. The third kappa shape index (κ3) is 6.81. The fourth-order valence-electron chi connectivity index (χ4n) is 2.70. The van der Waals surface area contributed by atoms with Gasteiger partial charge in [-0.05, 0) is 45.9 Å². The van der Waals surface area contributed by atoms with Gasteiger partial charge in [0.1, 0.15) is 0 Å². The highest BCUT2D eigenvalue weighted by Gasteiger charge is 2.19. The molecule has 0 unspecified atom stereocenters. The van der Waals surface area contributed by atoms with Crippen LogP contribution in [0.3, 0.4) is 0 Å². The zero-order chi connectivity index (χ0) is 22.3. The Kier molecular flexibility index (Phi) is 7.88. The van der Waals surface area contributed by atoms with Gasteiger partial charge in [-0.15, -0.1) is 11.3 Å². The summed E-state index contributed by atoms with van der Waals surface area (Å²) in [6.07, 6.45) is 2.99. The Hall–Kier alpha value is -3.00. The van der Waals surface area contributed by atoms with E-state index in [1.807, 2.05) is 58.0 Å². The first-order valence-electron chi connectivity index (χ1n) is 9.70. The van der Waals surface area contributed by atoms with Crippen LogP contribution in [0.2, 0.25) is 0 Å². The Morgan fingerprint density at radius 1 is 1.17 bits per heavy atom. The van der Waals surface area contributed by atoms with E-state index < -0.39 is 0 Å². The standard InChI is InChI=1S/C22H28N4O3S/c1-6-25(14-19(28)24-22(3,4)5)20(29)13-12-17-15-30-21(23-17)26(16(2)27)18-10-8-7-9-11-18/h7-13,15H,6,14H2,1-5H3,(H,24,28)/b13-12+. The number of anilines is 2. The number of carbonyl (C=O) groups excluding carboxylic acids is 3. The molecule has 0 aliphatic heterocycles. The Bertz CT molecular complexity index is 916. The van der Waals surface area contributed by atoms with Gasteiger partial charge in [0, 0.05) is 30.5 Å². The van der Waals surface area contributed by atoms with Crippen molar-refractivity contribution in [2.24, 2.45) is 0 Å². The van der Waals surface area contributed by atoms with Crippen molar-refractivity contribution in [3.63, 3.8) is 0 Å². The number of para-hydroxylation sites is 1. The molecule has 0 aliphatic rings. The molecule has 0 saturated heterocycles. The van der Waals surface area contributed by atoms with Gasteiger partial charge in [0.2, 0.25) is 17.7 Å². The topological polar surface area (TPSA) is 82.6 Å². The number of benzene rings is 1. The summed E-state index contributed by atoms with van der Waals surface area (Å²) in [5.74, 6) is -0.631. The fraction of sp³-hybridized carbons (Fsp3) is 0.364. The van der Waals surface area contributed by atoms with Gasteiger partial charge in [-0.2, -0.15) is 0 Å². The van der Waals surface area contributed by atoms with Crippen LogP contribution in [0.1, 0.15) is 40.3 Å². The highest BCUT2D eigenvalue weighted by Crippen LogP contribution is 2.29. The molecule has 1 heterocycles. The van der Waals surface area contributed by atoms with Crippen molar-refractivity contribution in [2.75, 3.05) is 18.0 Å². The molecule has 0 saturated carbocycles. The second kappa shape index (κ2) is 10.2. The summed E-state index contributed by atoms with van der Waals surface area (Å²) in [6.45, 7) is 9.38. The van der Waals surface area contributed by atoms with Crippen LogP contribution in [0.25, 0.3) is 6.08 Å². The molecule has 7 nitrogen and oxygen atoms in total. The van der Waals surface area contributed by atoms with Crippen LogP contribution in [0.15, 0.2) is 41.8 Å². The number of amides is 3. The van der Waals surface area contributed by atoms with E-state index in [1.54, 1.807) is 11.5 Å². The fourth-order valence-corrected chi connectivity index (χ4v) is 3.55. The van der Waals surface area contributed by atoms with Crippen LogP contribution >= 0.6 is 11.3 Å². The highest BCUT2D eigenvalue weighted by molar-refractivity contribution is 7.14. The second-order valence-electron chi connectivity index (χ2n) is 7.73. The summed E-state index contributed by atoms with van der Waals surface area (Å²) in [4.78, 5) is 44.2. The van der Waals surface area contributed by atoms with Crippen molar-refractivity contribution in [3.8, 4) is 0 Å². The largest absolute Gasteiger partial charge is 0.350 e. The first-order chi connectivity index (χ1) is 14.1. The van der Waals surface area contributed by atoms with Crippen LogP contribution in [-0.2, 0) is 14.4 Å². The average molecular weight is 429 g/mol. The number of likely N-dealkylation sites (N-methyl/N-ethyl adjacent to an activating group) is 1. The number of aromatic nitrogens is 1. The lowest BCUT2D eigenvalue weighted by molar-refractivity contribution is -0.132. The Morgan fingerprint density at radius 2 is 1.83 bits per heavy atom. The molecule has 0 fully saturated rings. The van der Waals surface area contributed by atoms with Crippen molar-refractivity contribution >= 4 is 46.0 Å². The van der Waals surface area contributed by atoms with E-state index in [0.29, 0.717) is 17.4 Å². The molecule has 8 heteroatoms. The maximum Gasteiger partial charge on any atom is 0.247 e. The molecule has 160 valence electrons. The molecule has 0 radical (unpaired) electrons. The third-order valence-electron chi connectivity index (χ3n) is 3.97. The number of hydrogen-bond acceptors (Lipinski definition) is 5. The van der Waals surface area contributed by atoms with E-state index in [1.165, 1.54) is 34.1 Å². The lowest BCUT2D eigenvalue weighted by Crippen LogP contribution is -2.47. The molecule has 0 spiro atoms. The molecular weight excluding hydrogens is 400 g/mol. The molecule has 1 N–H and O–H groups in total. The van der Waals surface area contributed by atoms with Crippen molar-refractivity contribution < 1.29 is 14.4 Å². The second-order valence-corrected chi connectivity index (χ2v) is 8.57. The van der Waals surface area contributed by atoms with Gasteiger partial charge < -0.3 is 10.2 Å². The van der Waals surface area contributed by atoms with Crippen molar-refractivity contribution in [1.29, 1.82) is 0 Å². The minimum Gasteiger partial charge on any atom is -0.350 e. The summed E-state index contributed by atoms with van der Waals surface area (Å²) >= 11 is 1.32. The summed E-state index contributed by atoms with van der Waals surface area (Å²) in [5, 5.41) is 5.15. The molecule has 0 atom stereocenters. The van der Waals surface area contributed by atoms with Gasteiger partial charge in [0.25, 0.3) is 0 Å². The van der Waals surface area contributed by atoms with E-state index in [0.717, 1.165) is 5.69 Å². The summed E-state index contributed by atoms with van der Waals surface area (Å²) < 4.78 is 0. The van der Waals surface area contributed by atoms with Gasteiger partial charge >= 0.3 is 0 Å². The van der Waals surface area contributed by atoms with Gasteiger partial charge in [-0.1, -0.05) is 18.2 Å². The number of carbonyl (C=O) groups is 3. The predicted octanol–water partition coefficient (Wildman–Crippen LogP) is 3.60. The van der Waals surface area contributed by atoms with Gasteiger partial charge in [0.15, 0.2) is 5.13 Å². The molecule has 1 aromatic carbocycles.